The molecule has 0 saturated carbocycles. The third kappa shape index (κ3) is 3.83. The standard InChI is InChI=1S/C27H28N4OS/c32-27(21-11-17-33-19-21)31-22(9-8-20-4-1-2-6-25(20)31)18-29-13-15-30(16-14-29)26-7-3-5-24-23(26)10-12-28-24/h1-7,10-12,17,19,22,28H,8-9,13-16,18H2. The van der Waals surface area contributed by atoms with E-state index in [1.165, 1.54) is 22.2 Å². The molecule has 2 aromatic carbocycles. The maximum atomic E-state index is 13.5. The average molecular weight is 457 g/mol. The van der Waals surface area contributed by atoms with Gasteiger partial charge in [-0.1, -0.05) is 24.3 Å². The molecule has 1 unspecified atom stereocenters. The molecule has 33 heavy (non-hydrogen) atoms. The van der Waals surface area contributed by atoms with E-state index in [9.17, 15) is 4.79 Å². The second-order valence-electron chi connectivity index (χ2n) is 9.01. The monoisotopic (exact) mass is 456 g/mol. The van der Waals surface area contributed by atoms with Crippen molar-refractivity contribution in [3.8, 4) is 0 Å². The van der Waals surface area contributed by atoms with Crippen molar-refractivity contribution in [3.63, 3.8) is 0 Å². The Hall–Kier alpha value is -3.09. The van der Waals surface area contributed by atoms with Gasteiger partial charge < -0.3 is 14.8 Å². The first-order valence-electron chi connectivity index (χ1n) is 11.7. The van der Waals surface area contributed by atoms with Gasteiger partial charge in [-0.05, 0) is 54.1 Å². The number of nitrogens with zero attached hydrogens (tertiary/aromatic N) is 3. The number of hydrogen-bond acceptors (Lipinski definition) is 4. The van der Waals surface area contributed by atoms with Crippen molar-refractivity contribution in [2.45, 2.75) is 18.9 Å². The van der Waals surface area contributed by atoms with E-state index in [1.807, 2.05) is 23.0 Å². The number of carbonyl (C=O) groups excluding carboxylic acids is 1. The van der Waals surface area contributed by atoms with E-state index in [1.54, 1.807) is 11.3 Å². The quantitative estimate of drug-likeness (QED) is 0.469. The Morgan fingerprint density at radius 2 is 1.82 bits per heavy atom. The first kappa shape index (κ1) is 20.5. The lowest BCUT2D eigenvalue weighted by atomic mass is 9.94. The summed E-state index contributed by atoms with van der Waals surface area (Å²) < 4.78 is 0. The Labute approximate surface area is 198 Å². The van der Waals surface area contributed by atoms with Crippen LogP contribution in [0.5, 0.6) is 0 Å². The van der Waals surface area contributed by atoms with E-state index in [-0.39, 0.29) is 11.9 Å². The zero-order chi connectivity index (χ0) is 22.2. The minimum atomic E-state index is 0.131. The van der Waals surface area contributed by atoms with Gasteiger partial charge in [0.1, 0.15) is 0 Å². The van der Waals surface area contributed by atoms with Gasteiger partial charge in [0.15, 0.2) is 0 Å². The van der Waals surface area contributed by atoms with Crippen LogP contribution >= 0.6 is 11.3 Å². The van der Waals surface area contributed by atoms with Crippen molar-refractivity contribution in [1.29, 1.82) is 0 Å². The summed E-state index contributed by atoms with van der Waals surface area (Å²) in [6.07, 6.45) is 4.06. The molecule has 1 amide bonds. The van der Waals surface area contributed by atoms with Crippen molar-refractivity contribution < 1.29 is 4.79 Å². The van der Waals surface area contributed by atoms with E-state index in [4.69, 9.17) is 0 Å². The molecule has 5 nitrogen and oxygen atoms in total. The number of piperazine rings is 1. The van der Waals surface area contributed by atoms with E-state index < -0.39 is 0 Å². The SMILES string of the molecule is O=C(c1ccsc1)N1c2ccccc2CCC1CN1CCN(c2cccc3[nH]ccc23)CC1. The molecule has 2 aliphatic heterocycles. The van der Waals surface area contributed by atoms with Gasteiger partial charge in [-0.25, -0.2) is 0 Å². The minimum absolute atomic E-state index is 0.131. The van der Waals surface area contributed by atoms with Crippen LogP contribution in [0.4, 0.5) is 11.4 Å². The van der Waals surface area contributed by atoms with Gasteiger partial charge in [0.25, 0.3) is 5.91 Å². The normalized spacial score (nSPS) is 19.1. The molecule has 168 valence electrons. The Kier molecular flexibility index (Phi) is 5.40. The van der Waals surface area contributed by atoms with Crippen LogP contribution in [0.1, 0.15) is 22.3 Å². The summed E-state index contributed by atoms with van der Waals surface area (Å²) in [6, 6.07) is 19.2. The summed E-state index contributed by atoms with van der Waals surface area (Å²) in [5, 5.41) is 5.25. The van der Waals surface area contributed by atoms with Crippen molar-refractivity contribution in [1.82, 2.24) is 9.88 Å². The first-order chi connectivity index (χ1) is 16.3. The molecule has 1 saturated heterocycles. The number of rotatable bonds is 4. The number of para-hydroxylation sites is 1. The van der Waals surface area contributed by atoms with Crippen LogP contribution in [0, 0.1) is 0 Å². The number of benzene rings is 2. The number of aromatic amines is 1. The molecule has 0 bridgehead atoms. The molecule has 0 radical (unpaired) electrons. The van der Waals surface area contributed by atoms with Crippen LogP contribution in [-0.4, -0.2) is 54.6 Å². The summed E-state index contributed by atoms with van der Waals surface area (Å²) in [4.78, 5) is 24.0. The number of fused-ring (bicyclic) bond motifs is 2. The van der Waals surface area contributed by atoms with Crippen LogP contribution < -0.4 is 9.80 Å². The molecular weight excluding hydrogens is 428 g/mol. The molecule has 2 aliphatic rings. The smallest absolute Gasteiger partial charge is 0.259 e. The molecule has 6 rings (SSSR count). The molecule has 0 aliphatic carbocycles. The lowest BCUT2D eigenvalue weighted by Crippen LogP contribution is -2.54. The molecule has 1 fully saturated rings. The second kappa shape index (κ2) is 8.69. The molecule has 4 aromatic rings. The van der Waals surface area contributed by atoms with Gasteiger partial charge in [-0.15, -0.1) is 0 Å². The topological polar surface area (TPSA) is 42.6 Å². The fourth-order valence-electron chi connectivity index (χ4n) is 5.39. The van der Waals surface area contributed by atoms with Crippen LogP contribution in [0.15, 0.2) is 71.6 Å². The van der Waals surface area contributed by atoms with Gasteiger partial charge in [0, 0.05) is 66.6 Å². The largest absolute Gasteiger partial charge is 0.368 e. The maximum absolute atomic E-state index is 13.5. The maximum Gasteiger partial charge on any atom is 0.259 e. The zero-order valence-corrected chi connectivity index (χ0v) is 19.4. The Morgan fingerprint density at radius 3 is 2.67 bits per heavy atom. The molecule has 2 aromatic heterocycles. The van der Waals surface area contributed by atoms with Crippen molar-refractivity contribution in [3.05, 3.63) is 82.7 Å². The molecule has 4 heterocycles. The highest BCUT2D eigenvalue weighted by atomic mass is 32.1. The number of thiophene rings is 1. The molecular formula is C27H28N4OS. The predicted molar refractivity (Wildman–Crippen MR) is 137 cm³/mol. The predicted octanol–water partition coefficient (Wildman–Crippen LogP) is 5.01. The third-order valence-electron chi connectivity index (χ3n) is 7.10. The summed E-state index contributed by atoms with van der Waals surface area (Å²) in [5.74, 6) is 0.131. The van der Waals surface area contributed by atoms with Crippen LogP contribution in [-0.2, 0) is 6.42 Å². The van der Waals surface area contributed by atoms with Crippen LogP contribution in [0.2, 0.25) is 0 Å². The first-order valence-corrected chi connectivity index (χ1v) is 12.7. The number of aryl methyl sites for hydroxylation is 1. The van der Waals surface area contributed by atoms with Crippen molar-refractivity contribution in [2.75, 3.05) is 42.5 Å². The average Bonchev–Trinajstić information content (AvgIpc) is 3.56. The number of hydrogen-bond donors (Lipinski definition) is 1. The van der Waals surface area contributed by atoms with Gasteiger partial charge in [-0.2, -0.15) is 11.3 Å². The fourth-order valence-corrected chi connectivity index (χ4v) is 6.02. The van der Waals surface area contributed by atoms with E-state index in [2.05, 4.69) is 68.2 Å². The highest BCUT2D eigenvalue weighted by Gasteiger charge is 2.33. The summed E-state index contributed by atoms with van der Waals surface area (Å²) in [5.41, 5.74) is 5.67. The van der Waals surface area contributed by atoms with E-state index in [0.29, 0.717) is 0 Å². The lowest BCUT2D eigenvalue weighted by molar-refractivity contribution is 0.0963. The number of carbonyl (C=O) groups is 1. The molecule has 1 atom stereocenters. The third-order valence-corrected chi connectivity index (χ3v) is 7.79. The fraction of sp³-hybridized carbons (Fsp3) is 0.296. The Balaban J connectivity index is 1.19. The molecule has 1 N–H and O–H groups in total. The number of amides is 1. The highest BCUT2D eigenvalue weighted by molar-refractivity contribution is 7.08. The van der Waals surface area contributed by atoms with Gasteiger partial charge >= 0.3 is 0 Å². The summed E-state index contributed by atoms with van der Waals surface area (Å²) >= 11 is 1.58. The van der Waals surface area contributed by atoms with Gasteiger partial charge in [0.2, 0.25) is 0 Å². The number of aromatic nitrogens is 1. The molecule has 0 spiro atoms. The number of H-pyrrole nitrogens is 1. The Morgan fingerprint density at radius 1 is 0.970 bits per heavy atom. The van der Waals surface area contributed by atoms with Crippen LogP contribution in [0.25, 0.3) is 10.9 Å². The highest BCUT2D eigenvalue weighted by Crippen LogP contribution is 2.33. The van der Waals surface area contributed by atoms with Crippen molar-refractivity contribution >= 4 is 39.5 Å². The zero-order valence-electron chi connectivity index (χ0n) is 18.6. The summed E-state index contributed by atoms with van der Waals surface area (Å²) in [6.45, 7) is 4.96. The lowest BCUT2D eigenvalue weighted by Gasteiger charge is -2.42. The molecule has 6 heteroatoms. The van der Waals surface area contributed by atoms with E-state index in [0.717, 1.165) is 56.8 Å². The van der Waals surface area contributed by atoms with Gasteiger partial charge in [-0.3, -0.25) is 9.69 Å². The van der Waals surface area contributed by atoms with Crippen molar-refractivity contribution in [2.24, 2.45) is 0 Å². The second-order valence-corrected chi connectivity index (χ2v) is 9.79. The minimum Gasteiger partial charge on any atom is -0.368 e. The Bertz CT molecular complexity index is 1260. The number of nitrogens with one attached hydrogen (secondary N) is 1. The van der Waals surface area contributed by atoms with E-state index >= 15 is 0 Å². The van der Waals surface area contributed by atoms with Crippen LogP contribution in [0.3, 0.4) is 0 Å². The number of anilines is 2. The van der Waals surface area contributed by atoms with Gasteiger partial charge in [0.05, 0.1) is 11.6 Å². The summed E-state index contributed by atoms with van der Waals surface area (Å²) in [7, 11) is 0.